The van der Waals surface area contributed by atoms with Gasteiger partial charge >= 0.3 is 0 Å². The Morgan fingerprint density at radius 2 is 0.902 bits per heavy atom. The first-order chi connectivity index (χ1) is 24.9. The van der Waals surface area contributed by atoms with Gasteiger partial charge in [0.05, 0.1) is 14.2 Å². The Morgan fingerprint density at radius 3 is 1.22 bits per heavy atom. The summed E-state index contributed by atoms with van der Waals surface area (Å²) in [6.45, 7) is 4.63. The first-order valence-corrected chi connectivity index (χ1v) is 21.0. The van der Waals surface area contributed by atoms with Crippen LogP contribution in [0.1, 0.15) is 148 Å². The van der Waals surface area contributed by atoms with E-state index in [0.717, 1.165) is 54.5 Å². The first-order valence-electron chi connectivity index (χ1n) is 19.4. The second kappa shape index (κ2) is 18.4. The molecule has 2 saturated carbocycles. The number of hydrogen-bond donors (Lipinski definition) is 0. The number of ether oxygens (including phenoxy) is 3. The Kier molecular flexibility index (Phi) is 13.8. The second-order valence-corrected chi connectivity index (χ2v) is 16.7. The zero-order valence-electron chi connectivity index (χ0n) is 31.0. The van der Waals surface area contributed by atoms with Crippen molar-refractivity contribution in [2.24, 2.45) is 11.8 Å². The molecule has 0 amide bonds. The second-order valence-electron chi connectivity index (χ2n) is 15.0. The van der Waals surface area contributed by atoms with E-state index in [-0.39, 0.29) is 12.2 Å². The molecule has 0 aromatic heterocycles. The van der Waals surface area contributed by atoms with Gasteiger partial charge in [-0.1, -0.05) is 120 Å². The molecule has 0 spiro atoms. The molecule has 2 aliphatic carbocycles. The maximum Gasteiger partial charge on any atom is 0.118 e. The standard InChI is InChI=1S/C46H56Br2O3/c1-5-7-31-9-13-33(14-10-31)37-21-27-41(43(47)29-37)45(35-17-23-39(49-3)24-18-35)51-46(36-19-25-40(50-4)26-20-36)42-28-22-38(30-44(42)48)34-15-11-32(8-6-2)12-16-34/h17-34,45-46H,5-16H2,1-4H3. The van der Waals surface area contributed by atoms with E-state index in [1.807, 2.05) is 24.3 Å². The van der Waals surface area contributed by atoms with Crippen molar-refractivity contribution in [3.05, 3.63) is 127 Å². The zero-order chi connectivity index (χ0) is 35.7. The molecule has 0 aliphatic heterocycles. The highest BCUT2D eigenvalue weighted by Gasteiger charge is 2.29. The fourth-order valence-corrected chi connectivity index (χ4v) is 9.97. The molecule has 3 nitrogen and oxygen atoms in total. The van der Waals surface area contributed by atoms with Crippen LogP contribution >= 0.6 is 31.9 Å². The summed E-state index contributed by atoms with van der Waals surface area (Å²) in [4.78, 5) is 0. The normalized spacial score (nSPS) is 21.9. The number of halogens is 2. The summed E-state index contributed by atoms with van der Waals surface area (Å²) < 4.78 is 20.7. The van der Waals surface area contributed by atoms with E-state index in [1.54, 1.807) is 14.2 Å². The summed E-state index contributed by atoms with van der Waals surface area (Å²) in [7, 11) is 3.43. The molecule has 0 radical (unpaired) electrons. The Hall–Kier alpha value is -2.60. The van der Waals surface area contributed by atoms with Gasteiger partial charge in [-0.2, -0.15) is 0 Å². The number of rotatable bonds is 14. The van der Waals surface area contributed by atoms with Crippen LogP contribution in [0.5, 0.6) is 11.5 Å². The summed E-state index contributed by atoms with van der Waals surface area (Å²) in [5.41, 5.74) is 7.28. The molecule has 0 heterocycles. The Balaban J connectivity index is 1.34. The molecule has 2 fully saturated rings. The fraction of sp³-hybridized carbons (Fsp3) is 0.478. The van der Waals surface area contributed by atoms with Gasteiger partial charge in [0.1, 0.15) is 23.7 Å². The third-order valence-corrected chi connectivity index (χ3v) is 13.1. The average molecular weight is 817 g/mol. The third kappa shape index (κ3) is 9.50. The Labute approximate surface area is 324 Å². The lowest BCUT2D eigenvalue weighted by Gasteiger charge is -2.31. The van der Waals surface area contributed by atoms with E-state index in [2.05, 4.69) is 106 Å². The largest absolute Gasteiger partial charge is 0.497 e. The summed E-state index contributed by atoms with van der Waals surface area (Å²) in [5.74, 6) is 4.69. The fourth-order valence-electron chi connectivity index (χ4n) is 8.76. The monoisotopic (exact) mass is 814 g/mol. The van der Waals surface area contributed by atoms with E-state index in [4.69, 9.17) is 14.2 Å². The first kappa shape index (κ1) is 38.1. The highest BCUT2D eigenvalue weighted by Crippen LogP contribution is 2.45. The van der Waals surface area contributed by atoms with Crippen LogP contribution in [-0.2, 0) is 4.74 Å². The van der Waals surface area contributed by atoms with Crippen molar-refractivity contribution in [2.75, 3.05) is 14.2 Å². The van der Waals surface area contributed by atoms with Gasteiger partial charge in [0.15, 0.2) is 0 Å². The summed E-state index contributed by atoms with van der Waals surface area (Å²) >= 11 is 8.10. The minimum absolute atomic E-state index is 0.327. The molecule has 4 aromatic rings. The summed E-state index contributed by atoms with van der Waals surface area (Å²) in [5, 5.41) is 0. The van der Waals surface area contributed by atoms with E-state index in [1.165, 1.54) is 88.2 Å². The van der Waals surface area contributed by atoms with Gasteiger partial charge in [-0.05, 0) is 145 Å². The van der Waals surface area contributed by atoms with Crippen LogP contribution in [0.25, 0.3) is 0 Å². The van der Waals surface area contributed by atoms with Crippen molar-refractivity contribution in [1.29, 1.82) is 0 Å². The van der Waals surface area contributed by atoms with Crippen molar-refractivity contribution in [1.82, 2.24) is 0 Å². The summed E-state index contributed by atoms with van der Waals surface area (Å²) in [6.07, 6.45) is 15.1. The van der Waals surface area contributed by atoms with Crippen LogP contribution in [0, 0.1) is 11.8 Å². The van der Waals surface area contributed by atoms with Crippen molar-refractivity contribution >= 4 is 31.9 Å². The predicted octanol–water partition coefficient (Wildman–Crippen LogP) is 14.3. The van der Waals surface area contributed by atoms with Gasteiger partial charge in [-0.3, -0.25) is 0 Å². The van der Waals surface area contributed by atoms with Crippen molar-refractivity contribution < 1.29 is 14.2 Å². The SMILES string of the molecule is CCCC1CCC(c2ccc(C(OC(c3ccc(OC)cc3)c3ccc(C4CCC(CCC)CC4)cc3Br)c3ccc(OC)cc3)c(Br)c2)CC1. The lowest BCUT2D eigenvalue weighted by Crippen LogP contribution is -2.16. The maximum absolute atomic E-state index is 7.41. The average Bonchev–Trinajstić information content (AvgIpc) is 3.17. The number of hydrogen-bond acceptors (Lipinski definition) is 3. The maximum atomic E-state index is 7.41. The molecule has 5 heteroatoms. The molecular formula is C46H56Br2O3. The molecule has 2 unspecified atom stereocenters. The highest BCUT2D eigenvalue weighted by atomic mass is 79.9. The van der Waals surface area contributed by atoms with Crippen LogP contribution in [0.15, 0.2) is 93.9 Å². The van der Waals surface area contributed by atoms with Crippen LogP contribution in [0.4, 0.5) is 0 Å². The van der Waals surface area contributed by atoms with Crippen LogP contribution in [-0.4, -0.2) is 14.2 Å². The summed E-state index contributed by atoms with van der Waals surface area (Å²) in [6, 6.07) is 30.7. The van der Waals surface area contributed by atoms with Crippen molar-refractivity contribution in [3.63, 3.8) is 0 Å². The lowest BCUT2D eigenvalue weighted by atomic mass is 9.77. The van der Waals surface area contributed by atoms with E-state index in [9.17, 15) is 0 Å². The van der Waals surface area contributed by atoms with Gasteiger partial charge in [-0.25, -0.2) is 0 Å². The minimum Gasteiger partial charge on any atom is -0.497 e. The molecule has 2 atom stereocenters. The quantitative estimate of drug-likeness (QED) is 0.127. The molecule has 272 valence electrons. The predicted molar refractivity (Wildman–Crippen MR) is 218 cm³/mol. The molecule has 6 rings (SSSR count). The van der Waals surface area contributed by atoms with E-state index < -0.39 is 0 Å². The molecule has 0 saturated heterocycles. The van der Waals surface area contributed by atoms with Crippen LogP contribution < -0.4 is 9.47 Å². The highest BCUT2D eigenvalue weighted by molar-refractivity contribution is 9.10. The molecule has 51 heavy (non-hydrogen) atoms. The third-order valence-electron chi connectivity index (χ3n) is 11.8. The Bertz CT molecular complexity index is 1540. The van der Waals surface area contributed by atoms with Gasteiger partial charge in [-0.15, -0.1) is 0 Å². The van der Waals surface area contributed by atoms with Crippen molar-refractivity contribution in [3.8, 4) is 11.5 Å². The molecule has 2 aliphatic rings. The number of methoxy groups -OCH3 is 2. The molecule has 4 aromatic carbocycles. The number of benzene rings is 4. The van der Waals surface area contributed by atoms with E-state index in [0.29, 0.717) is 11.8 Å². The lowest BCUT2D eigenvalue weighted by molar-refractivity contribution is 0.0300. The van der Waals surface area contributed by atoms with Gasteiger partial charge in [0.25, 0.3) is 0 Å². The topological polar surface area (TPSA) is 27.7 Å². The molecule has 0 bridgehead atoms. The molecular weight excluding hydrogens is 760 g/mol. The van der Waals surface area contributed by atoms with Gasteiger partial charge in [0, 0.05) is 8.95 Å². The molecule has 0 N–H and O–H groups in total. The minimum atomic E-state index is -0.327. The van der Waals surface area contributed by atoms with Crippen LogP contribution in [0.2, 0.25) is 0 Å². The van der Waals surface area contributed by atoms with Crippen LogP contribution in [0.3, 0.4) is 0 Å². The Morgan fingerprint density at radius 1 is 0.529 bits per heavy atom. The van der Waals surface area contributed by atoms with Gasteiger partial charge in [0.2, 0.25) is 0 Å². The smallest absolute Gasteiger partial charge is 0.118 e. The zero-order valence-corrected chi connectivity index (χ0v) is 34.2. The van der Waals surface area contributed by atoms with Gasteiger partial charge < -0.3 is 14.2 Å². The van der Waals surface area contributed by atoms with E-state index >= 15 is 0 Å². The van der Waals surface area contributed by atoms with Crippen molar-refractivity contribution in [2.45, 2.75) is 115 Å².